The maximum atomic E-state index is 11.5. The van der Waals surface area contributed by atoms with E-state index in [9.17, 15) is 4.79 Å². The van der Waals surface area contributed by atoms with Gasteiger partial charge in [0.2, 0.25) is 0 Å². The highest BCUT2D eigenvalue weighted by molar-refractivity contribution is 5.66. The Hall–Kier alpha value is -0.790. The fraction of sp³-hybridized carbons (Fsp3) is 0.900. The minimum atomic E-state index is -0.103. The van der Waals surface area contributed by atoms with Crippen LogP contribution in [0.25, 0.3) is 0 Å². The van der Waals surface area contributed by atoms with Crippen LogP contribution in [0.1, 0.15) is 113 Å². The van der Waals surface area contributed by atoms with Crippen LogP contribution in [-0.4, -0.2) is 12.1 Å². The van der Waals surface area contributed by atoms with Crippen LogP contribution in [0, 0.1) is 52.3 Å². The molecular formula is C30H50O2. The van der Waals surface area contributed by atoms with Crippen LogP contribution in [0.4, 0.5) is 0 Å². The quantitative estimate of drug-likeness (QED) is 0.306. The Bertz CT molecular complexity index is 722. The maximum absolute atomic E-state index is 11.5. The van der Waals surface area contributed by atoms with E-state index >= 15 is 0 Å². The Labute approximate surface area is 198 Å². The van der Waals surface area contributed by atoms with Gasteiger partial charge < -0.3 is 4.74 Å². The number of fused-ring (bicyclic) bond motifs is 5. The lowest BCUT2D eigenvalue weighted by atomic mass is 9.48. The third kappa shape index (κ3) is 4.22. The van der Waals surface area contributed by atoms with E-state index in [1.807, 2.05) is 5.57 Å². The van der Waals surface area contributed by atoms with Gasteiger partial charge in [-0.25, -0.2) is 0 Å². The second-order valence-corrected chi connectivity index (χ2v) is 13.2. The van der Waals surface area contributed by atoms with E-state index in [0.717, 1.165) is 48.3 Å². The molecule has 9 atom stereocenters. The molecule has 2 nitrogen and oxygen atoms in total. The highest BCUT2D eigenvalue weighted by atomic mass is 16.5. The molecule has 4 rings (SSSR count). The van der Waals surface area contributed by atoms with Gasteiger partial charge in [-0.3, -0.25) is 4.79 Å². The monoisotopic (exact) mass is 442 g/mol. The molecule has 182 valence electrons. The smallest absolute Gasteiger partial charge is 0.302 e. The van der Waals surface area contributed by atoms with E-state index in [4.69, 9.17) is 4.74 Å². The van der Waals surface area contributed by atoms with Gasteiger partial charge in [0.15, 0.2) is 0 Å². The van der Waals surface area contributed by atoms with Gasteiger partial charge in [-0.05, 0) is 104 Å². The molecule has 0 aromatic rings. The fourth-order valence-corrected chi connectivity index (χ4v) is 8.86. The van der Waals surface area contributed by atoms with Crippen molar-refractivity contribution < 1.29 is 9.53 Å². The summed E-state index contributed by atoms with van der Waals surface area (Å²) in [6.45, 7) is 16.6. The minimum absolute atomic E-state index is 0.103. The molecule has 3 fully saturated rings. The molecule has 4 aliphatic rings. The van der Waals surface area contributed by atoms with E-state index in [-0.39, 0.29) is 12.1 Å². The number of hydrogen-bond acceptors (Lipinski definition) is 2. The first-order chi connectivity index (χ1) is 15.1. The number of esters is 1. The zero-order valence-corrected chi connectivity index (χ0v) is 22.1. The summed E-state index contributed by atoms with van der Waals surface area (Å²) in [4.78, 5) is 11.5. The molecule has 0 amide bonds. The van der Waals surface area contributed by atoms with Crippen molar-refractivity contribution in [2.45, 2.75) is 119 Å². The van der Waals surface area contributed by atoms with E-state index < -0.39 is 0 Å². The zero-order valence-electron chi connectivity index (χ0n) is 22.1. The van der Waals surface area contributed by atoms with Crippen LogP contribution >= 0.6 is 0 Å². The Balaban J connectivity index is 1.48. The zero-order chi connectivity index (χ0) is 23.3. The van der Waals surface area contributed by atoms with Crippen molar-refractivity contribution in [1.82, 2.24) is 0 Å². The Morgan fingerprint density at radius 2 is 1.81 bits per heavy atom. The first-order valence-corrected chi connectivity index (χ1v) is 13.9. The van der Waals surface area contributed by atoms with Crippen molar-refractivity contribution in [3.8, 4) is 0 Å². The average molecular weight is 443 g/mol. The fourth-order valence-electron chi connectivity index (χ4n) is 8.86. The summed E-state index contributed by atoms with van der Waals surface area (Å²) in [7, 11) is 0. The summed E-state index contributed by atoms with van der Waals surface area (Å²) in [6.07, 6.45) is 15.9. The third-order valence-corrected chi connectivity index (χ3v) is 11.3. The highest BCUT2D eigenvalue weighted by Crippen LogP contribution is 2.66. The van der Waals surface area contributed by atoms with Gasteiger partial charge in [0, 0.05) is 6.92 Å². The SMILES string of the molecule is CC(=O)O[C@@H]1CC[C@]2(C)C3=CC[C@]4(C)[C@H](CC[C@H]4[C@H](C)CC[C@H](C)C(C)C)[C@@H]3CC[C@H]2C1. The van der Waals surface area contributed by atoms with Crippen molar-refractivity contribution in [3.63, 3.8) is 0 Å². The molecular weight excluding hydrogens is 392 g/mol. The molecule has 0 bridgehead atoms. The summed E-state index contributed by atoms with van der Waals surface area (Å²) in [6, 6.07) is 0. The predicted octanol–water partition coefficient (Wildman–Crippen LogP) is 8.21. The predicted molar refractivity (Wildman–Crippen MR) is 133 cm³/mol. The Morgan fingerprint density at radius 1 is 1.06 bits per heavy atom. The van der Waals surface area contributed by atoms with Crippen LogP contribution in [0.2, 0.25) is 0 Å². The van der Waals surface area contributed by atoms with Gasteiger partial charge in [0.25, 0.3) is 0 Å². The molecule has 32 heavy (non-hydrogen) atoms. The van der Waals surface area contributed by atoms with Crippen LogP contribution in [0.15, 0.2) is 11.6 Å². The average Bonchev–Trinajstić information content (AvgIpc) is 3.08. The lowest BCUT2D eigenvalue weighted by Gasteiger charge is -2.57. The summed E-state index contributed by atoms with van der Waals surface area (Å²) < 4.78 is 5.64. The maximum Gasteiger partial charge on any atom is 0.302 e. The van der Waals surface area contributed by atoms with E-state index in [0.29, 0.717) is 16.7 Å². The van der Waals surface area contributed by atoms with Gasteiger partial charge in [-0.1, -0.05) is 66.0 Å². The first kappa shape index (κ1) is 24.3. The molecule has 0 aliphatic heterocycles. The molecule has 2 heteroatoms. The number of carbonyl (C=O) groups excluding carboxylic acids is 1. The summed E-state index contributed by atoms with van der Waals surface area (Å²) >= 11 is 0. The number of ether oxygens (including phenoxy) is 1. The molecule has 0 aromatic heterocycles. The highest BCUT2D eigenvalue weighted by Gasteiger charge is 2.57. The van der Waals surface area contributed by atoms with Gasteiger partial charge in [0.1, 0.15) is 6.10 Å². The lowest BCUT2D eigenvalue weighted by molar-refractivity contribution is -0.151. The first-order valence-electron chi connectivity index (χ1n) is 13.9. The van der Waals surface area contributed by atoms with E-state index in [1.54, 1.807) is 6.92 Å². The Morgan fingerprint density at radius 3 is 2.50 bits per heavy atom. The molecule has 0 saturated heterocycles. The van der Waals surface area contributed by atoms with Crippen molar-refractivity contribution in [3.05, 3.63) is 11.6 Å². The topological polar surface area (TPSA) is 26.3 Å². The van der Waals surface area contributed by atoms with Crippen LogP contribution < -0.4 is 0 Å². The van der Waals surface area contributed by atoms with Gasteiger partial charge in [-0.2, -0.15) is 0 Å². The molecule has 0 unspecified atom stereocenters. The molecule has 0 aromatic carbocycles. The van der Waals surface area contributed by atoms with Gasteiger partial charge in [-0.15, -0.1) is 0 Å². The standard InChI is InChI=1S/C30H50O2/c1-19(2)20(3)8-9-21(4)26-12-13-27-25-11-10-23-18-24(32-22(5)31)14-16-29(23,6)28(25)15-17-30(26,27)7/h15,19-21,23-27H,8-14,16-18H2,1-7H3/t20-,21+,23-,24+,25-,26-,27+,29-,30-/m0/s1. The van der Waals surface area contributed by atoms with E-state index in [1.165, 1.54) is 51.4 Å². The van der Waals surface area contributed by atoms with Crippen molar-refractivity contribution in [2.75, 3.05) is 0 Å². The van der Waals surface area contributed by atoms with Gasteiger partial charge in [0.05, 0.1) is 0 Å². The van der Waals surface area contributed by atoms with Crippen molar-refractivity contribution in [2.24, 2.45) is 52.3 Å². The number of rotatable bonds is 6. The number of hydrogen-bond donors (Lipinski definition) is 0. The second kappa shape index (κ2) is 9.10. The minimum Gasteiger partial charge on any atom is -0.463 e. The molecule has 0 N–H and O–H groups in total. The third-order valence-electron chi connectivity index (χ3n) is 11.3. The Kier molecular flexibility index (Phi) is 6.92. The molecule has 4 aliphatic carbocycles. The largest absolute Gasteiger partial charge is 0.463 e. The normalized spacial score (nSPS) is 43.0. The van der Waals surface area contributed by atoms with Crippen LogP contribution in [-0.2, 0) is 9.53 Å². The summed E-state index contributed by atoms with van der Waals surface area (Å²) in [5.74, 6) is 5.70. The van der Waals surface area contributed by atoms with Crippen molar-refractivity contribution in [1.29, 1.82) is 0 Å². The van der Waals surface area contributed by atoms with Crippen LogP contribution in [0.5, 0.6) is 0 Å². The summed E-state index contributed by atoms with van der Waals surface area (Å²) in [5.41, 5.74) is 2.67. The summed E-state index contributed by atoms with van der Waals surface area (Å²) in [5, 5.41) is 0. The van der Waals surface area contributed by atoms with Gasteiger partial charge >= 0.3 is 5.97 Å². The van der Waals surface area contributed by atoms with E-state index in [2.05, 4.69) is 47.6 Å². The molecule has 3 saturated carbocycles. The molecule has 0 radical (unpaired) electrons. The van der Waals surface area contributed by atoms with Crippen LogP contribution in [0.3, 0.4) is 0 Å². The lowest BCUT2D eigenvalue weighted by Crippen LogP contribution is -2.49. The molecule has 0 spiro atoms. The second-order valence-electron chi connectivity index (χ2n) is 13.2. The number of carbonyl (C=O) groups is 1. The molecule has 0 heterocycles. The number of allylic oxidation sites excluding steroid dienone is 2. The van der Waals surface area contributed by atoms with Crippen molar-refractivity contribution >= 4 is 5.97 Å².